The highest BCUT2D eigenvalue weighted by molar-refractivity contribution is 7.16. The third-order valence-corrected chi connectivity index (χ3v) is 9.53. The fourth-order valence-corrected chi connectivity index (χ4v) is 6.75. The van der Waals surface area contributed by atoms with Gasteiger partial charge >= 0.3 is 0 Å². The third kappa shape index (κ3) is 7.00. The predicted octanol–water partition coefficient (Wildman–Crippen LogP) is 9.80. The number of ether oxygens (including phenoxy) is 2. The molecule has 5 nitrogen and oxygen atoms in total. The van der Waals surface area contributed by atoms with E-state index in [0.29, 0.717) is 39.6 Å². The number of methoxy groups -OCH3 is 1. The molecular formula is C34H34Cl2N2O3S. The second-order valence-corrected chi connectivity index (χ2v) is 13.4. The van der Waals surface area contributed by atoms with Crippen molar-refractivity contribution in [3.63, 3.8) is 0 Å². The molecule has 8 heteroatoms. The van der Waals surface area contributed by atoms with Gasteiger partial charge in [0.15, 0.2) is 11.5 Å². The highest BCUT2D eigenvalue weighted by Gasteiger charge is 2.33. The smallest absolute Gasteiger partial charge is 0.259 e. The Morgan fingerprint density at radius 2 is 1.83 bits per heavy atom. The SMILES string of the molecule is COc1cc(C=Nc2sc3c(c2C(=O)Nc2ccccc2)CC[C@H](C(C)(C)C)C3)ccc1OCc1ccc(Cl)c(Cl)c1. The topological polar surface area (TPSA) is 59.9 Å². The summed E-state index contributed by atoms with van der Waals surface area (Å²) in [5, 5.41) is 4.79. The third-order valence-electron chi connectivity index (χ3n) is 7.63. The van der Waals surface area contributed by atoms with Crippen LogP contribution in [0.1, 0.15) is 59.1 Å². The number of rotatable bonds is 8. The van der Waals surface area contributed by atoms with Crippen molar-refractivity contribution in [1.29, 1.82) is 0 Å². The van der Waals surface area contributed by atoms with E-state index in [1.165, 1.54) is 4.88 Å². The zero-order valence-electron chi connectivity index (χ0n) is 24.2. The van der Waals surface area contributed by atoms with Gasteiger partial charge in [0.05, 0.1) is 22.7 Å². The quantitative estimate of drug-likeness (QED) is 0.199. The van der Waals surface area contributed by atoms with Crippen LogP contribution in [0.5, 0.6) is 11.5 Å². The van der Waals surface area contributed by atoms with Gasteiger partial charge in [-0.15, -0.1) is 11.3 Å². The fourth-order valence-electron chi connectivity index (χ4n) is 5.16. The number of benzene rings is 3. The molecule has 5 rings (SSSR count). The van der Waals surface area contributed by atoms with Crippen molar-refractivity contribution >= 4 is 57.3 Å². The number of carbonyl (C=O) groups excluding carboxylic acids is 1. The van der Waals surface area contributed by atoms with E-state index in [4.69, 9.17) is 37.7 Å². The summed E-state index contributed by atoms with van der Waals surface area (Å²) >= 11 is 13.8. The lowest BCUT2D eigenvalue weighted by molar-refractivity contribution is 0.102. The van der Waals surface area contributed by atoms with Crippen molar-refractivity contribution in [1.82, 2.24) is 0 Å². The van der Waals surface area contributed by atoms with Gasteiger partial charge in [-0.25, -0.2) is 4.99 Å². The van der Waals surface area contributed by atoms with E-state index in [0.717, 1.165) is 46.6 Å². The van der Waals surface area contributed by atoms with Crippen LogP contribution in [0.15, 0.2) is 71.7 Å². The van der Waals surface area contributed by atoms with Crippen LogP contribution in [-0.4, -0.2) is 19.2 Å². The molecule has 0 fully saturated rings. The Labute approximate surface area is 261 Å². The van der Waals surface area contributed by atoms with E-state index in [9.17, 15) is 4.79 Å². The highest BCUT2D eigenvalue weighted by atomic mass is 35.5. The molecule has 1 heterocycles. The lowest BCUT2D eigenvalue weighted by atomic mass is 9.72. The molecule has 0 saturated heterocycles. The molecule has 1 aliphatic rings. The minimum Gasteiger partial charge on any atom is -0.493 e. The molecular weight excluding hydrogens is 587 g/mol. The van der Waals surface area contributed by atoms with Crippen LogP contribution in [0, 0.1) is 11.3 Å². The number of halogens is 2. The molecule has 1 aliphatic carbocycles. The molecule has 0 saturated carbocycles. The van der Waals surface area contributed by atoms with Crippen molar-refractivity contribution in [3.05, 3.63) is 104 Å². The first kappa shape index (κ1) is 30.1. The minimum atomic E-state index is -0.122. The molecule has 0 spiro atoms. The summed E-state index contributed by atoms with van der Waals surface area (Å²) in [5.74, 6) is 1.62. The maximum absolute atomic E-state index is 13.6. The Hall–Kier alpha value is -3.32. The van der Waals surface area contributed by atoms with Crippen LogP contribution in [-0.2, 0) is 19.4 Å². The van der Waals surface area contributed by atoms with E-state index >= 15 is 0 Å². The lowest BCUT2D eigenvalue weighted by Gasteiger charge is -2.33. The van der Waals surface area contributed by atoms with Crippen LogP contribution >= 0.6 is 34.5 Å². The number of para-hydroxylation sites is 1. The van der Waals surface area contributed by atoms with Gasteiger partial charge in [0.2, 0.25) is 0 Å². The predicted molar refractivity (Wildman–Crippen MR) is 175 cm³/mol. The van der Waals surface area contributed by atoms with Crippen LogP contribution in [0.4, 0.5) is 10.7 Å². The second kappa shape index (κ2) is 12.9. The van der Waals surface area contributed by atoms with Crippen molar-refractivity contribution in [3.8, 4) is 11.5 Å². The molecule has 0 unspecified atom stereocenters. The maximum atomic E-state index is 13.6. The number of nitrogens with zero attached hydrogens (tertiary/aromatic N) is 1. The van der Waals surface area contributed by atoms with Gasteiger partial charge in [-0.2, -0.15) is 0 Å². The van der Waals surface area contributed by atoms with Gasteiger partial charge in [0.25, 0.3) is 5.91 Å². The molecule has 4 aromatic rings. The first-order valence-electron chi connectivity index (χ1n) is 13.9. The maximum Gasteiger partial charge on any atom is 0.259 e. The second-order valence-electron chi connectivity index (χ2n) is 11.5. The molecule has 0 radical (unpaired) electrons. The molecule has 1 amide bonds. The number of amides is 1. The molecule has 3 aromatic carbocycles. The van der Waals surface area contributed by atoms with Gasteiger partial charge < -0.3 is 14.8 Å². The summed E-state index contributed by atoms with van der Waals surface area (Å²) in [5.41, 5.74) is 4.51. The summed E-state index contributed by atoms with van der Waals surface area (Å²) in [4.78, 5) is 19.7. The van der Waals surface area contributed by atoms with Gasteiger partial charge in [-0.3, -0.25) is 4.79 Å². The molecule has 1 aromatic heterocycles. The van der Waals surface area contributed by atoms with Crippen molar-refractivity contribution in [2.45, 2.75) is 46.6 Å². The summed E-state index contributed by atoms with van der Waals surface area (Å²) in [6.07, 6.45) is 4.68. The van der Waals surface area contributed by atoms with E-state index in [1.54, 1.807) is 36.8 Å². The van der Waals surface area contributed by atoms with E-state index in [2.05, 4.69) is 26.1 Å². The highest BCUT2D eigenvalue weighted by Crippen LogP contribution is 2.45. The molecule has 0 aliphatic heterocycles. The zero-order chi connectivity index (χ0) is 29.9. The Kier molecular flexibility index (Phi) is 9.26. The van der Waals surface area contributed by atoms with Crippen LogP contribution in [0.25, 0.3) is 0 Å². The molecule has 218 valence electrons. The summed E-state index contributed by atoms with van der Waals surface area (Å²) in [6.45, 7) is 7.20. The summed E-state index contributed by atoms with van der Waals surface area (Å²) < 4.78 is 11.6. The average molecular weight is 622 g/mol. The van der Waals surface area contributed by atoms with Crippen molar-refractivity contribution < 1.29 is 14.3 Å². The molecule has 0 bridgehead atoms. The van der Waals surface area contributed by atoms with Gasteiger partial charge in [0, 0.05) is 16.8 Å². The number of hydrogen-bond donors (Lipinski definition) is 1. The lowest BCUT2D eigenvalue weighted by Crippen LogP contribution is -2.27. The van der Waals surface area contributed by atoms with Crippen molar-refractivity contribution in [2.75, 3.05) is 12.4 Å². The number of fused-ring (bicyclic) bond motifs is 1. The average Bonchev–Trinajstić information content (AvgIpc) is 3.35. The normalized spacial score (nSPS) is 15.0. The van der Waals surface area contributed by atoms with Gasteiger partial charge in [-0.1, -0.05) is 68.2 Å². The number of hydrogen-bond acceptors (Lipinski definition) is 5. The fraction of sp³-hybridized carbons (Fsp3) is 0.294. The van der Waals surface area contributed by atoms with Crippen molar-refractivity contribution in [2.24, 2.45) is 16.3 Å². The number of anilines is 1. The number of nitrogens with one attached hydrogen (secondary N) is 1. The number of carbonyl (C=O) groups is 1. The Balaban J connectivity index is 1.40. The Morgan fingerprint density at radius 3 is 2.55 bits per heavy atom. The van der Waals surface area contributed by atoms with Crippen LogP contribution < -0.4 is 14.8 Å². The van der Waals surface area contributed by atoms with Crippen LogP contribution in [0.3, 0.4) is 0 Å². The zero-order valence-corrected chi connectivity index (χ0v) is 26.5. The van der Waals surface area contributed by atoms with E-state index in [-0.39, 0.29) is 11.3 Å². The standard InChI is InChI=1S/C34H34Cl2N2O3S/c1-34(2,3)23-12-13-25-30(18-23)42-33(31(25)32(39)38-24-8-6-5-7-9-24)37-19-21-11-15-28(29(17-21)40-4)41-20-22-10-14-26(35)27(36)16-22/h5-11,14-17,19,23H,12-13,18,20H2,1-4H3,(H,38,39)/t23-/m0/s1. The van der Waals surface area contributed by atoms with Gasteiger partial charge in [0.1, 0.15) is 11.6 Å². The largest absolute Gasteiger partial charge is 0.493 e. The summed E-state index contributed by atoms with van der Waals surface area (Å²) in [6, 6.07) is 20.6. The first-order chi connectivity index (χ1) is 20.1. The Bertz CT molecular complexity index is 1610. The monoisotopic (exact) mass is 620 g/mol. The molecule has 1 N–H and O–H groups in total. The molecule has 42 heavy (non-hydrogen) atoms. The number of thiophene rings is 1. The van der Waals surface area contributed by atoms with Gasteiger partial charge in [-0.05, 0) is 89.8 Å². The Morgan fingerprint density at radius 1 is 1.05 bits per heavy atom. The minimum absolute atomic E-state index is 0.122. The first-order valence-corrected chi connectivity index (χ1v) is 15.5. The van der Waals surface area contributed by atoms with E-state index in [1.807, 2.05) is 54.6 Å². The van der Waals surface area contributed by atoms with Crippen LogP contribution in [0.2, 0.25) is 10.0 Å². The summed E-state index contributed by atoms with van der Waals surface area (Å²) in [7, 11) is 1.60. The van der Waals surface area contributed by atoms with E-state index < -0.39 is 0 Å². The number of aliphatic imine (C=N–C) groups is 1. The molecule has 1 atom stereocenters.